The number of hydrogen-bond donors (Lipinski definition) is 2. The summed E-state index contributed by atoms with van der Waals surface area (Å²) < 4.78 is 30.6. The smallest absolute Gasteiger partial charge is 0.261 e. The maximum atomic E-state index is 13.2. The van der Waals surface area contributed by atoms with Crippen LogP contribution in [-0.2, 0) is 10.0 Å². The zero-order valence-corrected chi connectivity index (χ0v) is 21.0. The Morgan fingerprint density at radius 3 is 2.70 bits per heavy atom. The Morgan fingerprint density at radius 1 is 1.14 bits per heavy atom. The van der Waals surface area contributed by atoms with Crippen molar-refractivity contribution in [2.45, 2.75) is 17.4 Å². The monoisotopic (exact) mass is 512 g/mol. The van der Waals surface area contributed by atoms with Gasteiger partial charge in [0.2, 0.25) is 0 Å². The number of nitrogens with zero attached hydrogens (tertiary/aromatic N) is 6. The molecule has 0 saturated carbocycles. The molecule has 0 radical (unpaired) electrons. The summed E-state index contributed by atoms with van der Waals surface area (Å²) in [6.45, 7) is 0. The summed E-state index contributed by atoms with van der Waals surface area (Å²) in [5, 5.41) is 14.9. The highest BCUT2D eigenvalue weighted by Gasteiger charge is 2.21. The van der Waals surface area contributed by atoms with Gasteiger partial charge in [0.15, 0.2) is 0 Å². The molecule has 3 aromatic heterocycles. The summed E-state index contributed by atoms with van der Waals surface area (Å²) in [5.41, 5.74) is 4.27. The molecule has 1 atom stereocenters. The lowest BCUT2D eigenvalue weighted by molar-refractivity contribution is 0.531. The molecule has 1 unspecified atom stereocenters. The van der Waals surface area contributed by atoms with E-state index in [4.69, 9.17) is 0 Å². The molecule has 0 saturated heterocycles. The van der Waals surface area contributed by atoms with Crippen molar-refractivity contribution < 1.29 is 8.42 Å². The van der Waals surface area contributed by atoms with Crippen LogP contribution in [0.25, 0.3) is 22.3 Å². The molecular weight excluding hydrogens is 488 g/mol. The molecule has 2 aromatic carbocycles. The van der Waals surface area contributed by atoms with Crippen LogP contribution in [-0.4, -0.2) is 47.2 Å². The second-order valence-electron chi connectivity index (χ2n) is 8.67. The minimum absolute atomic E-state index is 0.0989. The van der Waals surface area contributed by atoms with E-state index in [0.29, 0.717) is 22.6 Å². The Bertz CT molecular complexity index is 1700. The van der Waals surface area contributed by atoms with Gasteiger partial charge in [-0.1, -0.05) is 12.1 Å². The van der Waals surface area contributed by atoms with Gasteiger partial charge in [-0.15, -0.1) is 0 Å². The van der Waals surface area contributed by atoms with Crippen LogP contribution in [0.2, 0.25) is 0 Å². The number of nitrogens with one attached hydrogen (secondary N) is 2. The fourth-order valence-electron chi connectivity index (χ4n) is 4.11. The highest BCUT2D eigenvalue weighted by atomic mass is 32.2. The van der Waals surface area contributed by atoms with Crippen molar-refractivity contribution in [1.82, 2.24) is 24.7 Å². The van der Waals surface area contributed by atoms with Crippen molar-refractivity contribution in [2.75, 3.05) is 23.7 Å². The Balaban J connectivity index is 1.44. The maximum absolute atomic E-state index is 13.2. The molecule has 3 heterocycles. The minimum Gasteiger partial charge on any atom is -0.378 e. The molecule has 5 rings (SSSR count). The molecule has 0 amide bonds. The number of H-pyrrole nitrogens is 1. The van der Waals surface area contributed by atoms with Crippen molar-refractivity contribution in [1.29, 1.82) is 5.26 Å². The molecule has 10 nitrogen and oxygen atoms in total. The predicted octanol–water partition coefficient (Wildman–Crippen LogP) is 4.19. The van der Waals surface area contributed by atoms with Crippen LogP contribution < -0.4 is 9.62 Å². The van der Waals surface area contributed by atoms with Crippen LogP contribution >= 0.6 is 0 Å². The van der Waals surface area contributed by atoms with Gasteiger partial charge in [0.05, 0.1) is 35.3 Å². The van der Waals surface area contributed by atoms with E-state index in [1.54, 1.807) is 47.4 Å². The number of sulfonamides is 1. The van der Waals surface area contributed by atoms with Gasteiger partial charge in [0.1, 0.15) is 12.0 Å². The number of aromatic amines is 1. The molecule has 0 fully saturated rings. The number of fused-ring (bicyclic) bond motifs is 1. The topological polar surface area (TPSA) is 133 Å². The molecule has 0 aliphatic rings. The van der Waals surface area contributed by atoms with Gasteiger partial charge in [-0.2, -0.15) is 10.4 Å². The zero-order valence-electron chi connectivity index (χ0n) is 20.2. The van der Waals surface area contributed by atoms with E-state index in [0.717, 1.165) is 16.6 Å². The van der Waals surface area contributed by atoms with E-state index in [9.17, 15) is 13.7 Å². The van der Waals surface area contributed by atoms with Gasteiger partial charge in [-0.3, -0.25) is 9.40 Å². The van der Waals surface area contributed by atoms with Gasteiger partial charge in [-0.25, -0.2) is 18.4 Å². The van der Waals surface area contributed by atoms with Gasteiger partial charge in [0.25, 0.3) is 10.0 Å². The van der Waals surface area contributed by atoms with Crippen LogP contribution in [0.15, 0.2) is 84.4 Å². The van der Waals surface area contributed by atoms with Crippen molar-refractivity contribution >= 4 is 32.4 Å². The summed E-state index contributed by atoms with van der Waals surface area (Å²) in [6, 6.07) is 17.3. The third-order valence-corrected chi connectivity index (χ3v) is 7.40. The van der Waals surface area contributed by atoms with Gasteiger partial charge in [0, 0.05) is 48.8 Å². The first kappa shape index (κ1) is 24.0. The summed E-state index contributed by atoms with van der Waals surface area (Å²) in [4.78, 5) is 13.7. The lowest BCUT2D eigenvalue weighted by Gasteiger charge is -2.17. The van der Waals surface area contributed by atoms with Crippen molar-refractivity contribution in [3.05, 3.63) is 85.1 Å². The fraction of sp³-hybridized carbons (Fsp3) is 0.154. The van der Waals surface area contributed by atoms with Crippen LogP contribution in [0.5, 0.6) is 0 Å². The first-order chi connectivity index (χ1) is 17.9. The van der Waals surface area contributed by atoms with E-state index in [1.165, 1.54) is 12.4 Å². The third kappa shape index (κ3) is 4.87. The molecular formula is C26H24N8O2S. The fourth-order valence-corrected chi connectivity index (χ4v) is 5.23. The number of anilines is 2. The van der Waals surface area contributed by atoms with Crippen molar-refractivity contribution in [2.24, 2.45) is 0 Å². The van der Waals surface area contributed by atoms with E-state index in [1.807, 2.05) is 43.4 Å². The Labute approximate surface area is 214 Å². The summed E-state index contributed by atoms with van der Waals surface area (Å²) in [7, 11) is -0.0200. The van der Waals surface area contributed by atoms with Crippen LogP contribution in [0.1, 0.15) is 18.0 Å². The minimum atomic E-state index is -3.85. The quantitative estimate of drug-likeness (QED) is 0.318. The molecule has 2 N–H and O–H groups in total. The summed E-state index contributed by atoms with van der Waals surface area (Å²) in [6.07, 6.45) is 6.87. The number of benzene rings is 2. The molecule has 0 aliphatic carbocycles. The zero-order chi connectivity index (χ0) is 26.0. The summed E-state index contributed by atoms with van der Waals surface area (Å²) in [5.74, 6) is 0. The number of hydrogen-bond acceptors (Lipinski definition) is 7. The standard InChI is InChI=1S/C26H24N8O2S/c1-33(2)21-8-6-20(7-9-21)32-37(35,36)22-5-3-4-18(14-22)24(10-12-27)34-16-19(15-31-34)25-23-11-13-28-26(23)30-17-29-25/h3-9,11,13-17,24,32H,10H2,1-2H3,(H,28,29,30). The van der Waals surface area contributed by atoms with E-state index < -0.39 is 16.1 Å². The van der Waals surface area contributed by atoms with Crippen molar-refractivity contribution in [3.8, 4) is 17.3 Å². The molecule has 37 heavy (non-hydrogen) atoms. The van der Waals surface area contributed by atoms with E-state index in [2.05, 4.69) is 30.8 Å². The third-order valence-electron chi connectivity index (χ3n) is 6.02. The second-order valence-corrected chi connectivity index (χ2v) is 10.4. The van der Waals surface area contributed by atoms with Crippen LogP contribution in [0.4, 0.5) is 11.4 Å². The Hall–Kier alpha value is -4.69. The van der Waals surface area contributed by atoms with Gasteiger partial charge >= 0.3 is 0 Å². The summed E-state index contributed by atoms with van der Waals surface area (Å²) >= 11 is 0. The average molecular weight is 513 g/mol. The van der Waals surface area contributed by atoms with E-state index >= 15 is 0 Å². The average Bonchev–Trinajstić information content (AvgIpc) is 3.57. The number of rotatable bonds is 8. The SMILES string of the molecule is CN(C)c1ccc(NS(=O)(=O)c2cccc(C(CC#N)n3cc(-c4ncnc5[nH]ccc45)cn3)c2)cc1. The molecule has 186 valence electrons. The lowest BCUT2D eigenvalue weighted by atomic mass is 10.0. The predicted molar refractivity (Wildman–Crippen MR) is 141 cm³/mol. The second kappa shape index (κ2) is 9.75. The number of nitriles is 1. The first-order valence-corrected chi connectivity index (χ1v) is 12.9. The van der Waals surface area contributed by atoms with Crippen LogP contribution in [0.3, 0.4) is 0 Å². The molecule has 0 aliphatic heterocycles. The molecule has 11 heteroatoms. The largest absolute Gasteiger partial charge is 0.378 e. The lowest BCUT2D eigenvalue weighted by Crippen LogP contribution is -2.15. The number of aromatic nitrogens is 5. The Kier molecular flexibility index (Phi) is 6.33. The van der Waals surface area contributed by atoms with Gasteiger partial charge < -0.3 is 9.88 Å². The highest BCUT2D eigenvalue weighted by Crippen LogP contribution is 2.29. The molecule has 0 bridgehead atoms. The molecule has 0 spiro atoms. The Morgan fingerprint density at radius 2 is 1.95 bits per heavy atom. The van der Waals surface area contributed by atoms with E-state index in [-0.39, 0.29) is 11.3 Å². The normalized spacial score (nSPS) is 12.2. The van der Waals surface area contributed by atoms with Gasteiger partial charge in [-0.05, 0) is 48.0 Å². The van der Waals surface area contributed by atoms with Crippen molar-refractivity contribution in [3.63, 3.8) is 0 Å². The first-order valence-electron chi connectivity index (χ1n) is 11.5. The maximum Gasteiger partial charge on any atom is 0.261 e. The highest BCUT2D eigenvalue weighted by molar-refractivity contribution is 7.92. The van der Waals surface area contributed by atoms with Crippen LogP contribution in [0, 0.1) is 11.3 Å². The molecule has 5 aromatic rings.